The van der Waals surface area contributed by atoms with Crippen LogP contribution in [0.4, 0.5) is 0 Å². The number of benzene rings is 4. The molecule has 0 bridgehead atoms. The van der Waals surface area contributed by atoms with E-state index in [1.165, 1.54) is 68.5 Å². The second-order valence-electron chi connectivity index (χ2n) is 8.81. The van der Waals surface area contributed by atoms with Gasteiger partial charge in [0, 0.05) is 0 Å². The van der Waals surface area contributed by atoms with Gasteiger partial charge >= 0.3 is 0 Å². The van der Waals surface area contributed by atoms with Gasteiger partial charge in [-0.1, -0.05) is 112 Å². The van der Waals surface area contributed by atoms with Crippen molar-refractivity contribution in [2.75, 3.05) is 0 Å². The van der Waals surface area contributed by atoms with Crippen LogP contribution in [0.2, 0.25) is 0 Å². The Hall–Kier alpha value is -3.12. The molecule has 5 rings (SSSR count). The van der Waals surface area contributed by atoms with Crippen molar-refractivity contribution >= 4 is 0 Å². The van der Waals surface area contributed by atoms with Crippen LogP contribution in [0, 0.1) is 0 Å². The predicted octanol–water partition coefficient (Wildman–Crippen LogP) is 8.50. The summed E-state index contributed by atoms with van der Waals surface area (Å²) in [6, 6.07) is 32.2. The quantitative estimate of drug-likeness (QED) is 0.267. The molecule has 4 aromatic rings. The highest BCUT2D eigenvalue weighted by atomic mass is 14.2. The molecule has 0 fully saturated rings. The van der Waals surface area contributed by atoms with Crippen molar-refractivity contribution in [1.82, 2.24) is 0 Å². The average Bonchev–Trinajstić information content (AvgIpc) is 3.17. The number of hydrogen-bond acceptors (Lipinski definition) is 0. The van der Waals surface area contributed by atoms with E-state index >= 15 is 0 Å². The predicted molar refractivity (Wildman–Crippen MR) is 134 cm³/mol. The van der Waals surface area contributed by atoms with Gasteiger partial charge < -0.3 is 0 Å². The zero-order chi connectivity index (χ0) is 21.2. The second kappa shape index (κ2) is 8.55. The summed E-state index contributed by atoms with van der Waals surface area (Å²) in [7, 11) is 0. The molecular weight excluding hydrogens is 372 g/mol. The Balaban J connectivity index is 1.41. The second-order valence-corrected chi connectivity index (χ2v) is 8.81. The van der Waals surface area contributed by atoms with E-state index in [0.717, 1.165) is 19.3 Å². The molecule has 31 heavy (non-hydrogen) atoms. The standard InChI is InChI=1S/C31H30/c1-3-5-22-7-11-24(12-8-22)26-15-17-30-28(19-26)21-29-20-27(16-18-31(29)30)25-13-9-23(6-4-2)10-14-25/h7-20H,3-6,21H2,1-2H3. The summed E-state index contributed by atoms with van der Waals surface area (Å²) in [5.74, 6) is 0. The highest BCUT2D eigenvalue weighted by Gasteiger charge is 2.19. The first-order valence-corrected chi connectivity index (χ1v) is 11.7. The minimum atomic E-state index is 1.02. The van der Waals surface area contributed by atoms with Gasteiger partial charge in [0.2, 0.25) is 0 Å². The van der Waals surface area contributed by atoms with E-state index in [2.05, 4.69) is 98.8 Å². The molecular formula is C31H30. The molecule has 0 N–H and O–H groups in total. The van der Waals surface area contributed by atoms with Crippen molar-refractivity contribution in [3.8, 4) is 33.4 Å². The molecule has 1 aliphatic rings. The van der Waals surface area contributed by atoms with Gasteiger partial charge in [-0.05, 0) is 74.9 Å². The molecule has 0 unspecified atom stereocenters. The van der Waals surface area contributed by atoms with Crippen LogP contribution >= 0.6 is 0 Å². The van der Waals surface area contributed by atoms with Crippen LogP contribution in [0.15, 0.2) is 84.9 Å². The van der Waals surface area contributed by atoms with Crippen molar-refractivity contribution < 1.29 is 0 Å². The fourth-order valence-electron chi connectivity index (χ4n) is 4.87. The van der Waals surface area contributed by atoms with Crippen LogP contribution in [0.1, 0.15) is 48.9 Å². The van der Waals surface area contributed by atoms with Crippen LogP contribution in [0.5, 0.6) is 0 Å². The zero-order valence-corrected chi connectivity index (χ0v) is 18.6. The smallest absolute Gasteiger partial charge is 0.00130 e. The Labute approximate surface area is 186 Å². The molecule has 4 aromatic carbocycles. The molecule has 154 valence electrons. The number of aryl methyl sites for hydroxylation is 2. The summed E-state index contributed by atoms with van der Waals surface area (Å²) >= 11 is 0. The van der Waals surface area contributed by atoms with Gasteiger partial charge in [0.1, 0.15) is 0 Å². The Morgan fingerprint density at radius 1 is 0.484 bits per heavy atom. The molecule has 0 atom stereocenters. The van der Waals surface area contributed by atoms with Crippen molar-refractivity contribution in [1.29, 1.82) is 0 Å². The summed E-state index contributed by atoms with van der Waals surface area (Å²) in [5, 5.41) is 0. The Kier molecular flexibility index (Phi) is 5.47. The Bertz CT molecular complexity index is 1100. The van der Waals surface area contributed by atoms with E-state index < -0.39 is 0 Å². The minimum Gasteiger partial charge on any atom is -0.0651 e. The highest BCUT2D eigenvalue weighted by Crippen LogP contribution is 2.40. The number of rotatable bonds is 6. The number of fused-ring (bicyclic) bond motifs is 3. The maximum absolute atomic E-state index is 2.39. The average molecular weight is 403 g/mol. The SMILES string of the molecule is CCCc1ccc(-c2ccc3c(c2)Cc2cc(-c4ccc(CCC)cc4)ccc2-3)cc1. The van der Waals surface area contributed by atoms with Gasteiger partial charge in [0.05, 0.1) is 0 Å². The van der Waals surface area contributed by atoms with Gasteiger partial charge in [-0.25, -0.2) is 0 Å². The molecule has 0 heteroatoms. The van der Waals surface area contributed by atoms with Gasteiger partial charge in [0.25, 0.3) is 0 Å². The van der Waals surface area contributed by atoms with E-state index in [1.807, 2.05) is 0 Å². The fraction of sp³-hybridized carbons (Fsp3) is 0.226. The first-order valence-electron chi connectivity index (χ1n) is 11.7. The first-order chi connectivity index (χ1) is 15.2. The van der Waals surface area contributed by atoms with E-state index in [9.17, 15) is 0 Å². The normalized spacial score (nSPS) is 11.9. The van der Waals surface area contributed by atoms with Crippen LogP contribution in [-0.4, -0.2) is 0 Å². The van der Waals surface area contributed by atoms with Crippen LogP contribution in [0.3, 0.4) is 0 Å². The van der Waals surface area contributed by atoms with Gasteiger partial charge in [-0.15, -0.1) is 0 Å². The van der Waals surface area contributed by atoms with Crippen molar-refractivity contribution in [3.05, 3.63) is 107 Å². The zero-order valence-electron chi connectivity index (χ0n) is 18.6. The molecule has 0 heterocycles. The van der Waals surface area contributed by atoms with Gasteiger partial charge in [-0.2, -0.15) is 0 Å². The molecule has 0 saturated carbocycles. The van der Waals surface area contributed by atoms with Crippen LogP contribution in [-0.2, 0) is 19.3 Å². The molecule has 0 saturated heterocycles. The molecule has 0 aromatic heterocycles. The van der Waals surface area contributed by atoms with Crippen molar-refractivity contribution in [2.24, 2.45) is 0 Å². The third-order valence-electron chi connectivity index (χ3n) is 6.53. The summed E-state index contributed by atoms with van der Waals surface area (Å²) in [6.45, 7) is 4.47. The third-order valence-corrected chi connectivity index (χ3v) is 6.53. The van der Waals surface area contributed by atoms with Crippen molar-refractivity contribution in [2.45, 2.75) is 46.0 Å². The fourth-order valence-corrected chi connectivity index (χ4v) is 4.87. The molecule has 0 spiro atoms. The Morgan fingerprint density at radius 2 is 0.871 bits per heavy atom. The third kappa shape index (κ3) is 3.95. The molecule has 0 aliphatic heterocycles. The lowest BCUT2D eigenvalue weighted by Gasteiger charge is -2.08. The van der Waals surface area contributed by atoms with E-state index in [0.29, 0.717) is 0 Å². The van der Waals surface area contributed by atoms with Crippen LogP contribution < -0.4 is 0 Å². The topological polar surface area (TPSA) is 0 Å². The van der Waals surface area contributed by atoms with Gasteiger partial charge in [0.15, 0.2) is 0 Å². The lowest BCUT2D eigenvalue weighted by atomic mass is 9.97. The summed E-state index contributed by atoms with van der Waals surface area (Å²) < 4.78 is 0. The maximum Gasteiger partial charge on any atom is -0.00130 e. The van der Waals surface area contributed by atoms with Gasteiger partial charge in [-0.3, -0.25) is 0 Å². The molecule has 0 nitrogen and oxygen atoms in total. The van der Waals surface area contributed by atoms with E-state index in [-0.39, 0.29) is 0 Å². The van der Waals surface area contributed by atoms with Crippen LogP contribution in [0.25, 0.3) is 33.4 Å². The molecule has 0 radical (unpaired) electrons. The van der Waals surface area contributed by atoms with E-state index in [4.69, 9.17) is 0 Å². The summed E-state index contributed by atoms with van der Waals surface area (Å²) in [5.41, 5.74) is 13.8. The largest absolute Gasteiger partial charge is 0.0651 e. The minimum absolute atomic E-state index is 1.02. The monoisotopic (exact) mass is 402 g/mol. The molecule has 0 amide bonds. The lowest BCUT2D eigenvalue weighted by Crippen LogP contribution is -1.86. The Morgan fingerprint density at radius 3 is 1.26 bits per heavy atom. The first kappa shape index (κ1) is 19.8. The lowest BCUT2D eigenvalue weighted by molar-refractivity contribution is 0.922. The maximum atomic E-state index is 2.39. The van der Waals surface area contributed by atoms with Crippen molar-refractivity contribution in [3.63, 3.8) is 0 Å². The summed E-state index contributed by atoms with van der Waals surface area (Å²) in [4.78, 5) is 0. The highest BCUT2D eigenvalue weighted by molar-refractivity contribution is 5.82. The number of hydrogen-bond donors (Lipinski definition) is 0. The van der Waals surface area contributed by atoms with E-state index in [1.54, 1.807) is 0 Å². The molecule has 1 aliphatic carbocycles. The summed E-state index contributed by atoms with van der Waals surface area (Å²) in [6.07, 6.45) is 5.73.